The third-order valence-corrected chi connectivity index (χ3v) is 6.53. The van der Waals surface area contributed by atoms with Gasteiger partial charge in [0.05, 0.1) is 115 Å². The quantitative estimate of drug-likeness (QED) is 0.158. The van der Waals surface area contributed by atoms with Gasteiger partial charge in [0.2, 0.25) is 0 Å². The minimum atomic E-state index is -0.286. The van der Waals surface area contributed by atoms with Gasteiger partial charge in [-0.25, -0.2) is 0 Å². The topological polar surface area (TPSA) is 130 Å². The van der Waals surface area contributed by atoms with Crippen LogP contribution in [0.3, 0.4) is 0 Å². The summed E-state index contributed by atoms with van der Waals surface area (Å²) in [7, 11) is 0. The van der Waals surface area contributed by atoms with Crippen molar-refractivity contribution in [2.24, 2.45) is 0 Å². The maximum atomic E-state index is 12.3. The van der Waals surface area contributed by atoms with Crippen LogP contribution in [0.5, 0.6) is 0 Å². The summed E-state index contributed by atoms with van der Waals surface area (Å²) in [5, 5.41) is 0. The van der Waals surface area contributed by atoms with Crippen LogP contribution in [-0.2, 0) is 28.4 Å². The highest BCUT2D eigenvalue weighted by Gasteiger charge is 2.35. The van der Waals surface area contributed by atoms with Gasteiger partial charge >= 0.3 is 0 Å². The number of amides is 4. The van der Waals surface area contributed by atoms with E-state index in [-0.39, 0.29) is 49.9 Å². The summed E-state index contributed by atoms with van der Waals surface area (Å²) >= 11 is 0. The van der Waals surface area contributed by atoms with E-state index in [4.69, 9.17) is 28.4 Å². The fourth-order valence-electron chi connectivity index (χ4n) is 4.40. The first kappa shape index (κ1) is 31.4. The SMILES string of the molecule is O=C1c2ccccc2C(=O)N1CCOCCOCCOCCOCCOCCOCCN1C(=O)c2ccccc2C1=O. The van der Waals surface area contributed by atoms with Gasteiger partial charge in [-0.05, 0) is 24.3 Å². The lowest BCUT2D eigenvalue weighted by atomic mass is 10.1. The fraction of sp³-hybridized carbons (Fsp3) is 0.467. The molecule has 0 fully saturated rings. The second-order valence-electron chi connectivity index (χ2n) is 9.29. The van der Waals surface area contributed by atoms with Gasteiger partial charge in [0, 0.05) is 0 Å². The highest BCUT2D eigenvalue weighted by molar-refractivity contribution is 6.22. The fourth-order valence-corrected chi connectivity index (χ4v) is 4.40. The number of carbonyl (C=O) groups excluding carboxylic acids is 4. The van der Waals surface area contributed by atoms with Crippen LogP contribution in [-0.4, -0.2) is 126 Å². The molecule has 2 aliphatic rings. The minimum absolute atomic E-state index is 0.204. The molecule has 0 saturated heterocycles. The van der Waals surface area contributed by atoms with Crippen LogP contribution in [0, 0.1) is 0 Å². The predicted octanol–water partition coefficient (Wildman–Crippen LogP) is 1.68. The molecule has 4 rings (SSSR count). The van der Waals surface area contributed by atoms with Gasteiger partial charge in [-0.1, -0.05) is 24.3 Å². The van der Waals surface area contributed by atoms with Gasteiger partial charge in [0.1, 0.15) is 0 Å². The molecule has 2 aromatic rings. The number of nitrogens with zero attached hydrogens (tertiary/aromatic N) is 2. The van der Waals surface area contributed by atoms with E-state index in [1.165, 1.54) is 9.80 Å². The predicted molar refractivity (Wildman–Crippen MR) is 149 cm³/mol. The Labute approximate surface area is 244 Å². The van der Waals surface area contributed by atoms with Crippen molar-refractivity contribution >= 4 is 23.6 Å². The minimum Gasteiger partial charge on any atom is -0.377 e. The van der Waals surface area contributed by atoms with Crippen LogP contribution in [0.2, 0.25) is 0 Å². The zero-order chi connectivity index (χ0) is 29.6. The smallest absolute Gasteiger partial charge is 0.261 e. The number of imide groups is 2. The Bertz CT molecular complexity index is 1060. The van der Waals surface area contributed by atoms with Crippen molar-refractivity contribution in [1.82, 2.24) is 9.80 Å². The first-order valence-corrected chi connectivity index (χ1v) is 14.0. The van der Waals surface area contributed by atoms with E-state index in [2.05, 4.69) is 0 Å². The zero-order valence-electron chi connectivity index (χ0n) is 23.5. The van der Waals surface area contributed by atoms with Crippen LogP contribution < -0.4 is 0 Å². The molecular formula is C30H36N2O10. The van der Waals surface area contributed by atoms with Crippen LogP contribution in [0.25, 0.3) is 0 Å². The van der Waals surface area contributed by atoms with E-state index < -0.39 is 0 Å². The standard InChI is InChI=1S/C30H36N2O10/c33-27-23-5-1-2-6-24(23)28(34)31(27)9-11-37-13-15-39-17-19-41-21-22-42-20-18-40-16-14-38-12-10-32-29(35)25-7-3-4-8-26(25)30(32)36/h1-8H,9-22H2. The third-order valence-electron chi connectivity index (χ3n) is 6.53. The highest BCUT2D eigenvalue weighted by atomic mass is 16.6. The Kier molecular flexibility index (Phi) is 12.6. The van der Waals surface area contributed by atoms with Crippen molar-refractivity contribution in [2.45, 2.75) is 0 Å². The van der Waals surface area contributed by atoms with Gasteiger partial charge < -0.3 is 28.4 Å². The Hall–Kier alpha value is -3.52. The van der Waals surface area contributed by atoms with Crippen molar-refractivity contribution in [3.8, 4) is 0 Å². The molecule has 12 nitrogen and oxygen atoms in total. The summed E-state index contributed by atoms with van der Waals surface area (Å²) < 4.78 is 32.7. The second kappa shape index (κ2) is 16.8. The molecule has 0 spiro atoms. The van der Waals surface area contributed by atoms with Crippen LogP contribution in [0.15, 0.2) is 48.5 Å². The lowest BCUT2D eigenvalue weighted by Gasteiger charge is -2.14. The second-order valence-corrected chi connectivity index (χ2v) is 9.29. The molecule has 0 unspecified atom stereocenters. The largest absolute Gasteiger partial charge is 0.377 e. The molecule has 0 N–H and O–H groups in total. The van der Waals surface area contributed by atoms with Crippen molar-refractivity contribution in [2.75, 3.05) is 92.4 Å². The van der Waals surface area contributed by atoms with Gasteiger partial charge in [-0.2, -0.15) is 0 Å². The lowest BCUT2D eigenvalue weighted by molar-refractivity contribution is -0.0176. The first-order chi connectivity index (χ1) is 20.6. The number of carbonyl (C=O) groups is 4. The molecule has 4 amide bonds. The summed E-state index contributed by atoms with van der Waals surface area (Å²) in [6.07, 6.45) is 0. The molecule has 2 aromatic carbocycles. The number of benzene rings is 2. The summed E-state index contributed by atoms with van der Waals surface area (Å²) in [6, 6.07) is 13.6. The molecule has 0 bridgehead atoms. The summed E-state index contributed by atoms with van der Waals surface area (Å²) in [5.41, 5.74) is 1.74. The molecule has 0 aliphatic carbocycles. The van der Waals surface area contributed by atoms with Gasteiger partial charge in [0.15, 0.2) is 0 Å². The summed E-state index contributed by atoms with van der Waals surface area (Å²) in [6.45, 7) is 4.91. The molecule has 0 aromatic heterocycles. The average molecular weight is 585 g/mol. The maximum Gasteiger partial charge on any atom is 0.261 e. The molecule has 0 saturated carbocycles. The number of rotatable bonds is 21. The lowest BCUT2D eigenvalue weighted by Crippen LogP contribution is -2.33. The maximum absolute atomic E-state index is 12.3. The van der Waals surface area contributed by atoms with E-state index in [0.717, 1.165) is 0 Å². The molecule has 42 heavy (non-hydrogen) atoms. The molecule has 226 valence electrons. The molecule has 12 heteroatoms. The zero-order valence-corrected chi connectivity index (χ0v) is 23.5. The highest BCUT2D eigenvalue weighted by Crippen LogP contribution is 2.22. The van der Waals surface area contributed by atoms with Crippen LogP contribution in [0.1, 0.15) is 41.4 Å². The third kappa shape index (κ3) is 8.51. The summed E-state index contributed by atoms with van der Waals surface area (Å²) in [5.74, 6) is -1.15. The van der Waals surface area contributed by atoms with E-state index >= 15 is 0 Å². The summed E-state index contributed by atoms with van der Waals surface area (Å²) in [4.78, 5) is 51.5. The number of hydrogen-bond donors (Lipinski definition) is 0. The average Bonchev–Trinajstić information content (AvgIpc) is 3.40. The normalized spacial score (nSPS) is 14.3. The van der Waals surface area contributed by atoms with Crippen molar-refractivity contribution in [1.29, 1.82) is 0 Å². The van der Waals surface area contributed by atoms with E-state index in [0.29, 0.717) is 88.3 Å². The van der Waals surface area contributed by atoms with Gasteiger partial charge in [-0.3, -0.25) is 29.0 Å². The van der Waals surface area contributed by atoms with Crippen molar-refractivity contribution < 1.29 is 47.6 Å². The van der Waals surface area contributed by atoms with Crippen molar-refractivity contribution in [3.05, 3.63) is 70.8 Å². The number of ether oxygens (including phenoxy) is 6. The van der Waals surface area contributed by atoms with Crippen molar-refractivity contribution in [3.63, 3.8) is 0 Å². The molecule has 0 atom stereocenters. The first-order valence-electron chi connectivity index (χ1n) is 14.0. The molecule has 2 heterocycles. The Morgan fingerprint density at radius 1 is 0.357 bits per heavy atom. The van der Waals surface area contributed by atoms with E-state index in [9.17, 15) is 19.2 Å². The van der Waals surface area contributed by atoms with Crippen LogP contribution >= 0.6 is 0 Å². The van der Waals surface area contributed by atoms with Crippen LogP contribution in [0.4, 0.5) is 0 Å². The Morgan fingerprint density at radius 2 is 0.571 bits per heavy atom. The Morgan fingerprint density at radius 3 is 0.810 bits per heavy atom. The number of hydrogen-bond acceptors (Lipinski definition) is 10. The van der Waals surface area contributed by atoms with Gasteiger partial charge in [-0.15, -0.1) is 0 Å². The molecule has 2 aliphatic heterocycles. The Balaban J connectivity index is 0.867. The van der Waals surface area contributed by atoms with Gasteiger partial charge in [0.25, 0.3) is 23.6 Å². The van der Waals surface area contributed by atoms with E-state index in [1.54, 1.807) is 48.5 Å². The number of fused-ring (bicyclic) bond motifs is 2. The molecule has 0 radical (unpaired) electrons. The van der Waals surface area contributed by atoms with E-state index in [1.807, 2.05) is 0 Å². The monoisotopic (exact) mass is 584 g/mol. The molecular weight excluding hydrogens is 548 g/mol.